The molecule has 0 saturated carbocycles. The number of hydrogen-bond donors (Lipinski definition) is 0. The average Bonchev–Trinajstić information content (AvgIpc) is 1.96. The number of hydrogen-bond acceptors (Lipinski definition) is 3. The fraction of sp³-hybridized carbons (Fsp3) is 0.556. The summed E-state index contributed by atoms with van der Waals surface area (Å²) < 4.78 is 40.7. The van der Waals surface area contributed by atoms with E-state index in [0.29, 0.717) is 0 Å². The second-order valence-electron chi connectivity index (χ2n) is 3.38. The molecule has 0 radical (unpaired) electrons. The summed E-state index contributed by atoms with van der Waals surface area (Å²) in [5.74, 6) is -3.44. The Morgan fingerprint density at radius 3 is 2.20 bits per heavy atom. The molecule has 0 aromatic carbocycles. The van der Waals surface area contributed by atoms with Crippen LogP contribution < -0.4 is 0 Å². The third-order valence-corrected chi connectivity index (χ3v) is 2.09. The van der Waals surface area contributed by atoms with E-state index in [1.807, 2.05) is 0 Å². The molecule has 1 aliphatic rings. The molecule has 1 rings (SSSR count). The minimum atomic E-state index is -4.60. The fourth-order valence-electron chi connectivity index (χ4n) is 1.20. The highest BCUT2D eigenvalue weighted by Gasteiger charge is 2.55. The third-order valence-electron chi connectivity index (χ3n) is 2.09. The Labute approximate surface area is 83.9 Å². The van der Waals surface area contributed by atoms with Gasteiger partial charge in [0.05, 0.1) is 12.5 Å². The molecule has 0 N–H and O–H groups in total. The van der Waals surface area contributed by atoms with Crippen LogP contribution in [-0.2, 0) is 14.3 Å². The molecule has 1 saturated heterocycles. The zero-order valence-electron chi connectivity index (χ0n) is 7.93. The van der Waals surface area contributed by atoms with Gasteiger partial charge in [0.1, 0.15) is 0 Å². The molecule has 3 nitrogen and oxygen atoms in total. The van der Waals surface area contributed by atoms with Gasteiger partial charge in [0, 0.05) is 0 Å². The van der Waals surface area contributed by atoms with Crippen molar-refractivity contribution in [3.8, 4) is 0 Å². The van der Waals surface area contributed by atoms with Crippen LogP contribution in [0.15, 0.2) is 12.2 Å². The van der Waals surface area contributed by atoms with E-state index in [4.69, 9.17) is 0 Å². The first-order valence-corrected chi connectivity index (χ1v) is 4.17. The standard InChI is InChI=1S/C9H9F3O3/c1-4(2)6(13)7(14)5-3-15-8(5)9(10,11)12/h5,8H,1,3H2,2H3. The van der Waals surface area contributed by atoms with Gasteiger partial charge in [-0.25, -0.2) is 0 Å². The van der Waals surface area contributed by atoms with E-state index < -0.39 is 29.8 Å². The molecule has 15 heavy (non-hydrogen) atoms. The lowest BCUT2D eigenvalue weighted by atomic mass is 9.89. The highest BCUT2D eigenvalue weighted by molar-refractivity contribution is 6.44. The van der Waals surface area contributed by atoms with Crippen molar-refractivity contribution >= 4 is 11.6 Å². The average molecular weight is 222 g/mol. The third kappa shape index (κ3) is 2.26. The summed E-state index contributed by atoms with van der Waals surface area (Å²) in [6, 6.07) is 0. The van der Waals surface area contributed by atoms with Gasteiger partial charge < -0.3 is 4.74 Å². The Balaban J connectivity index is 2.71. The molecule has 0 aliphatic carbocycles. The second-order valence-corrected chi connectivity index (χ2v) is 3.38. The SMILES string of the molecule is C=C(C)C(=O)C(=O)C1COC1C(F)(F)F. The van der Waals surface area contributed by atoms with Crippen molar-refractivity contribution in [2.45, 2.75) is 19.2 Å². The molecule has 2 atom stereocenters. The Kier molecular flexibility index (Phi) is 2.99. The van der Waals surface area contributed by atoms with Crippen molar-refractivity contribution < 1.29 is 27.5 Å². The Morgan fingerprint density at radius 2 is 1.93 bits per heavy atom. The molecular formula is C9H9F3O3. The first-order chi connectivity index (χ1) is 6.75. The van der Waals surface area contributed by atoms with Gasteiger partial charge in [-0.2, -0.15) is 13.2 Å². The van der Waals surface area contributed by atoms with E-state index in [2.05, 4.69) is 11.3 Å². The zero-order chi connectivity index (χ0) is 11.8. The van der Waals surface area contributed by atoms with Crippen LogP contribution in [0.2, 0.25) is 0 Å². The molecule has 6 heteroatoms. The molecule has 1 aliphatic heterocycles. The van der Waals surface area contributed by atoms with Crippen LogP contribution in [0.1, 0.15) is 6.92 Å². The first kappa shape index (κ1) is 11.9. The summed E-state index contributed by atoms with van der Waals surface area (Å²) in [7, 11) is 0. The van der Waals surface area contributed by atoms with E-state index in [-0.39, 0.29) is 12.2 Å². The maximum Gasteiger partial charge on any atom is 0.415 e. The number of carbonyl (C=O) groups is 2. The summed E-state index contributed by atoms with van der Waals surface area (Å²) in [5.41, 5.74) is -0.0622. The molecule has 0 amide bonds. The molecule has 0 spiro atoms. The molecular weight excluding hydrogens is 213 g/mol. The molecule has 84 valence electrons. The number of Topliss-reactive ketones (excluding diaryl/α,β-unsaturated/α-hetero) is 2. The van der Waals surface area contributed by atoms with Crippen molar-refractivity contribution in [2.24, 2.45) is 5.92 Å². The van der Waals surface area contributed by atoms with Gasteiger partial charge in [-0.15, -0.1) is 0 Å². The maximum absolute atomic E-state index is 12.2. The van der Waals surface area contributed by atoms with E-state index in [9.17, 15) is 22.8 Å². The van der Waals surface area contributed by atoms with Gasteiger partial charge in [-0.05, 0) is 12.5 Å². The number of rotatable bonds is 3. The second kappa shape index (κ2) is 3.77. The maximum atomic E-state index is 12.2. The highest BCUT2D eigenvalue weighted by atomic mass is 19.4. The van der Waals surface area contributed by atoms with E-state index in [1.54, 1.807) is 0 Å². The number of halogens is 3. The number of ketones is 2. The predicted octanol–water partition coefficient (Wildman–Crippen LogP) is 1.28. The Bertz CT molecular complexity index is 319. The summed E-state index contributed by atoms with van der Waals surface area (Å²) in [5, 5.41) is 0. The van der Waals surface area contributed by atoms with Crippen LogP contribution in [0.25, 0.3) is 0 Å². The molecule has 1 heterocycles. The summed E-state index contributed by atoms with van der Waals surface area (Å²) in [6.45, 7) is 4.13. The largest absolute Gasteiger partial charge is 0.415 e. The predicted molar refractivity (Wildman–Crippen MR) is 44.1 cm³/mol. The van der Waals surface area contributed by atoms with Gasteiger partial charge in [-0.1, -0.05) is 6.58 Å². The van der Waals surface area contributed by atoms with Crippen molar-refractivity contribution in [2.75, 3.05) is 6.61 Å². The number of allylic oxidation sites excluding steroid dienone is 1. The van der Waals surface area contributed by atoms with Crippen molar-refractivity contribution in [1.29, 1.82) is 0 Å². The molecule has 0 aromatic heterocycles. The number of alkyl halides is 3. The number of carbonyl (C=O) groups excluding carboxylic acids is 2. The molecule has 0 aromatic rings. The van der Waals surface area contributed by atoms with Crippen LogP contribution in [0.5, 0.6) is 0 Å². The van der Waals surface area contributed by atoms with Gasteiger partial charge >= 0.3 is 6.18 Å². The van der Waals surface area contributed by atoms with Crippen LogP contribution in [0.3, 0.4) is 0 Å². The van der Waals surface area contributed by atoms with E-state index >= 15 is 0 Å². The van der Waals surface area contributed by atoms with Gasteiger partial charge in [0.15, 0.2) is 6.10 Å². The topological polar surface area (TPSA) is 43.4 Å². The minimum absolute atomic E-state index is 0.0622. The van der Waals surface area contributed by atoms with E-state index in [0.717, 1.165) is 0 Å². The fourth-order valence-corrected chi connectivity index (χ4v) is 1.20. The quantitative estimate of drug-likeness (QED) is 0.533. The molecule has 0 bridgehead atoms. The van der Waals surface area contributed by atoms with Crippen LogP contribution in [0, 0.1) is 5.92 Å². The van der Waals surface area contributed by atoms with Crippen molar-refractivity contribution in [3.05, 3.63) is 12.2 Å². The van der Waals surface area contributed by atoms with Crippen LogP contribution >= 0.6 is 0 Å². The summed E-state index contributed by atoms with van der Waals surface area (Å²) >= 11 is 0. The van der Waals surface area contributed by atoms with Gasteiger partial charge in [0.2, 0.25) is 11.6 Å². The minimum Gasteiger partial charge on any atom is -0.367 e. The Morgan fingerprint density at radius 1 is 1.40 bits per heavy atom. The lowest BCUT2D eigenvalue weighted by molar-refractivity contribution is -0.281. The van der Waals surface area contributed by atoms with Crippen LogP contribution in [0.4, 0.5) is 13.2 Å². The Hall–Kier alpha value is -1.17. The highest BCUT2D eigenvalue weighted by Crippen LogP contribution is 2.36. The zero-order valence-corrected chi connectivity index (χ0v) is 7.93. The van der Waals surface area contributed by atoms with Crippen LogP contribution in [-0.4, -0.2) is 30.5 Å². The van der Waals surface area contributed by atoms with Gasteiger partial charge in [0.25, 0.3) is 0 Å². The van der Waals surface area contributed by atoms with Crippen molar-refractivity contribution in [1.82, 2.24) is 0 Å². The lowest BCUT2D eigenvalue weighted by Gasteiger charge is -2.36. The van der Waals surface area contributed by atoms with E-state index in [1.165, 1.54) is 6.92 Å². The summed E-state index contributed by atoms with van der Waals surface area (Å²) in [4.78, 5) is 22.3. The first-order valence-electron chi connectivity index (χ1n) is 4.17. The van der Waals surface area contributed by atoms with Gasteiger partial charge in [-0.3, -0.25) is 9.59 Å². The number of ether oxygens (including phenoxy) is 1. The summed E-state index contributed by atoms with van der Waals surface area (Å²) in [6.07, 6.45) is -6.75. The smallest absolute Gasteiger partial charge is 0.367 e. The molecule has 1 fully saturated rings. The monoisotopic (exact) mass is 222 g/mol. The van der Waals surface area contributed by atoms with Crippen molar-refractivity contribution in [3.63, 3.8) is 0 Å². The normalized spacial score (nSPS) is 25.6. The lowest BCUT2D eigenvalue weighted by Crippen LogP contribution is -2.54. The molecule has 2 unspecified atom stereocenters.